The number of aromatic nitrogens is 2. The third-order valence-corrected chi connectivity index (χ3v) is 4.80. The SMILES string of the molecule is CC(=O)NC1CCN(c2nc(-c3ccco3)nc3c2CCNCC3)C1. The average molecular weight is 341 g/mol. The number of furan rings is 1. The van der Waals surface area contributed by atoms with Crippen molar-refractivity contribution >= 4 is 11.7 Å². The van der Waals surface area contributed by atoms with Crippen molar-refractivity contribution in [2.45, 2.75) is 32.2 Å². The highest BCUT2D eigenvalue weighted by Crippen LogP contribution is 2.29. The minimum Gasteiger partial charge on any atom is -0.461 e. The summed E-state index contributed by atoms with van der Waals surface area (Å²) in [6.07, 6.45) is 4.40. The lowest BCUT2D eigenvalue weighted by atomic mass is 10.1. The van der Waals surface area contributed by atoms with Crippen LogP contribution in [0.15, 0.2) is 22.8 Å². The van der Waals surface area contributed by atoms with Gasteiger partial charge in [-0.3, -0.25) is 4.79 Å². The molecule has 1 amide bonds. The molecule has 2 aromatic rings. The number of rotatable bonds is 3. The number of nitrogens with zero attached hydrogens (tertiary/aromatic N) is 3. The number of nitrogens with one attached hydrogen (secondary N) is 2. The van der Waals surface area contributed by atoms with Crippen LogP contribution in [0.3, 0.4) is 0 Å². The van der Waals surface area contributed by atoms with Gasteiger partial charge >= 0.3 is 0 Å². The van der Waals surface area contributed by atoms with Crippen molar-refractivity contribution in [2.75, 3.05) is 31.1 Å². The van der Waals surface area contributed by atoms with E-state index in [-0.39, 0.29) is 11.9 Å². The van der Waals surface area contributed by atoms with E-state index in [1.165, 1.54) is 5.56 Å². The number of carbonyl (C=O) groups excluding carboxylic acids is 1. The van der Waals surface area contributed by atoms with Crippen molar-refractivity contribution in [1.29, 1.82) is 0 Å². The maximum Gasteiger partial charge on any atom is 0.217 e. The van der Waals surface area contributed by atoms with E-state index in [2.05, 4.69) is 15.5 Å². The highest BCUT2D eigenvalue weighted by atomic mass is 16.3. The van der Waals surface area contributed by atoms with Gasteiger partial charge in [-0.2, -0.15) is 0 Å². The molecule has 1 atom stereocenters. The fraction of sp³-hybridized carbons (Fsp3) is 0.500. The van der Waals surface area contributed by atoms with Crippen LogP contribution in [0.2, 0.25) is 0 Å². The number of fused-ring (bicyclic) bond motifs is 1. The number of anilines is 1. The van der Waals surface area contributed by atoms with E-state index in [1.54, 1.807) is 13.2 Å². The van der Waals surface area contributed by atoms with E-state index in [4.69, 9.17) is 14.4 Å². The molecule has 25 heavy (non-hydrogen) atoms. The molecular formula is C18H23N5O2. The summed E-state index contributed by atoms with van der Waals surface area (Å²) in [7, 11) is 0. The standard InChI is InChI=1S/C18H23N5O2/c1-12(24)20-13-6-9-23(11-13)18-14-4-7-19-8-5-15(14)21-17(22-18)16-3-2-10-25-16/h2-3,10,13,19H,4-9,11H2,1H3,(H,20,24). The van der Waals surface area contributed by atoms with Crippen LogP contribution >= 0.6 is 0 Å². The summed E-state index contributed by atoms with van der Waals surface area (Å²) >= 11 is 0. The monoisotopic (exact) mass is 341 g/mol. The van der Waals surface area contributed by atoms with Gasteiger partial charge in [0.05, 0.1) is 12.0 Å². The zero-order chi connectivity index (χ0) is 17.2. The van der Waals surface area contributed by atoms with Crippen molar-refractivity contribution in [3.8, 4) is 11.6 Å². The fourth-order valence-electron chi connectivity index (χ4n) is 3.66. The highest BCUT2D eigenvalue weighted by Gasteiger charge is 2.28. The van der Waals surface area contributed by atoms with Crippen LogP contribution in [-0.2, 0) is 17.6 Å². The zero-order valence-corrected chi connectivity index (χ0v) is 14.4. The van der Waals surface area contributed by atoms with Gasteiger partial charge in [-0.1, -0.05) is 0 Å². The van der Waals surface area contributed by atoms with Crippen molar-refractivity contribution < 1.29 is 9.21 Å². The predicted molar refractivity (Wildman–Crippen MR) is 94.4 cm³/mol. The van der Waals surface area contributed by atoms with Crippen LogP contribution in [0.4, 0.5) is 5.82 Å². The topological polar surface area (TPSA) is 83.3 Å². The van der Waals surface area contributed by atoms with Gasteiger partial charge in [-0.25, -0.2) is 9.97 Å². The highest BCUT2D eigenvalue weighted by molar-refractivity contribution is 5.73. The lowest BCUT2D eigenvalue weighted by molar-refractivity contribution is -0.119. The molecule has 2 aliphatic heterocycles. The minimum absolute atomic E-state index is 0.0221. The second-order valence-corrected chi connectivity index (χ2v) is 6.66. The average Bonchev–Trinajstić information content (AvgIpc) is 3.21. The molecule has 2 aromatic heterocycles. The first-order chi connectivity index (χ1) is 12.2. The molecule has 132 valence electrons. The van der Waals surface area contributed by atoms with E-state index in [1.807, 2.05) is 12.1 Å². The number of amides is 1. The van der Waals surface area contributed by atoms with Crippen LogP contribution in [0.1, 0.15) is 24.6 Å². The number of hydrogen-bond acceptors (Lipinski definition) is 6. The number of hydrogen-bond donors (Lipinski definition) is 2. The summed E-state index contributed by atoms with van der Waals surface area (Å²) < 4.78 is 5.52. The fourth-order valence-corrected chi connectivity index (χ4v) is 3.66. The van der Waals surface area contributed by atoms with Gasteiger partial charge in [-0.05, 0) is 31.5 Å². The Bertz CT molecular complexity index is 759. The molecule has 2 aliphatic rings. The quantitative estimate of drug-likeness (QED) is 0.871. The normalized spacial score (nSPS) is 20.2. The first kappa shape index (κ1) is 16.1. The molecule has 0 bridgehead atoms. The first-order valence-corrected chi connectivity index (χ1v) is 8.87. The first-order valence-electron chi connectivity index (χ1n) is 8.87. The molecule has 0 aromatic carbocycles. The van der Waals surface area contributed by atoms with Crippen molar-refractivity contribution in [3.63, 3.8) is 0 Å². The van der Waals surface area contributed by atoms with Gasteiger partial charge in [0.15, 0.2) is 11.6 Å². The molecule has 0 spiro atoms. The lowest BCUT2D eigenvalue weighted by Gasteiger charge is -2.22. The van der Waals surface area contributed by atoms with E-state index < -0.39 is 0 Å². The third-order valence-electron chi connectivity index (χ3n) is 4.80. The smallest absolute Gasteiger partial charge is 0.217 e. The van der Waals surface area contributed by atoms with Gasteiger partial charge in [0.1, 0.15) is 5.82 Å². The molecule has 2 N–H and O–H groups in total. The Balaban J connectivity index is 1.70. The van der Waals surface area contributed by atoms with E-state index >= 15 is 0 Å². The lowest BCUT2D eigenvalue weighted by Crippen LogP contribution is -2.36. The molecule has 4 heterocycles. The second kappa shape index (κ2) is 6.84. The van der Waals surface area contributed by atoms with Gasteiger partial charge in [0.2, 0.25) is 5.91 Å². The molecule has 0 aliphatic carbocycles. The van der Waals surface area contributed by atoms with Crippen LogP contribution < -0.4 is 15.5 Å². The Morgan fingerprint density at radius 1 is 1.36 bits per heavy atom. The van der Waals surface area contributed by atoms with Crippen molar-refractivity contribution in [2.24, 2.45) is 0 Å². The van der Waals surface area contributed by atoms with Crippen molar-refractivity contribution in [3.05, 3.63) is 29.7 Å². The van der Waals surface area contributed by atoms with Crippen LogP contribution in [0, 0.1) is 0 Å². The molecule has 0 radical (unpaired) electrons. The Hall–Kier alpha value is -2.41. The summed E-state index contributed by atoms with van der Waals surface area (Å²) in [5.41, 5.74) is 2.33. The third kappa shape index (κ3) is 3.37. The van der Waals surface area contributed by atoms with Crippen molar-refractivity contribution in [1.82, 2.24) is 20.6 Å². The molecule has 1 fully saturated rings. The molecular weight excluding hydrogens is 318 g/mol. The largest absolute Gasteiger partial charge is 0.461 e. The Morgan fingerprint density at radius 2 is 2.24 bits per heavy atom. The molecule has 7 nitrogen and oxygen atoms in total. The minimum atomic E-state index is 0.0221. The van der Waals surface area contributed by atoms with Gasteiger partial charge in [0, 0.05) is 44.6 Å². The van der Waals surface area contributed by atoms with Crippen LogP contribution in [-0.4, -0.2) is 48.1 Å². The summed E-state index contributed by atoms with van der Waals surface area (Å²) in [5.74, 6) is 2.35. The Labute approximate surface area is 146 Å². The summed E-state index contributed by atoms with van der Waals surface area (Å²) in [6, 6.07) is 3.93. The van der Waals surface area contributed by atoms with Crippen LogP contribution in [0.5, 0.6) is 0 Å². The Kier molecular flexibility index (Phi) is 4.40. The molecule has 1 saturated heterocycles. The van der Waals surface area contributed by atoms with Gasteiger partial charge in [0.25, 0.3) is 0 Å². The van der Waals surface area contributed by atoms with Gasteiger partial charge < -0.3 is 20.0 Å². The van der Waals surface area contributed by atoms with Gasteiger partial charge in [-0.15, -0.1) is 0 Å². The predicted octanol–water partition coefficient (Wildman–Crippen LogP) is 1.14. The van der Waals surface area contributed by atoms with E-state index in [0.717, 1.165) is 57.0 Å². The second-order valence-electron chi connectivity index (χ2n) is 6.66. The van der Waals surface area contributed by atoms with E-state index in [9.17, 15) is 4.79 Å². The molecule has 1 unspecified atom stereocenters. The maximum atomic E-state index is 11.4. The molecule has 7 heteroatoms. The van der Waals surface area contributed by atoms with Crippen LogP contribution in [0.25, 0.3) is 11.6 Å². The summed E-state index contributed by atoms with van der Waals surface area (Å²) in [4.78, 5) is 23.3. The summed E-state index contributed by atoms with van der Waals surface area (Å²) in [6.45, 7) is 5.11. The number of carbonyl (C=O) groups is 1. The van der Waals surface area contributed by atoms with E-state index in [0.29, 0.717) is 11.6 Å². The molecule has 4 rings (SSSR count). The maximum absolute atomic E-state index is 11.4. The summed E-state index contributed by atoms with van der Waals surface area (Å²) in [5, 5.41) is 6.46. The zero-order valence-electron chi connectivity index (χ0n) is 14.4. The molecule has 0 saturated carbocycles. The Morgan fingerprint density at radius 3 is 3.04 bits per heavy atom.